The van der Waals surface area contributed by atoms with Crippen LogP contribution in [0, 0.1) is 17.8 Å². The Hall–Kier alpha value is -2.28. The number of amides is 2. The molecule has 2 rings (SSSR count). The van der Waals surface area contributed by atoms with Gasteiger partial charge in [-0.05, 0) is 37.1 Å². The highest BCUT2D eigenvalue weighted by atomic mass is 16.2. The Morgan fingerprint density at radius 3 is 2.45 bits per heavy atom. The van der Waals surface area contributed by atoms with E-state index in [4.69, 9.17) is 0 Å². The summed E-state index contributed by atoms with van der Waals surface area (Å²) in [5.74, 6) is 6.18. The topological polar surface area (TPSA) is 58.2 Å². The highest BCUT2D eigenvalue weighted by Crippen LogP contribution is 2.23. The number of anilines is 1. The molecule has 0 aliphatic heterocycles. The summed E-state index contributed by atoms with van der Waals surface area (Å²) in [7, 11) is 0. The molecule has 1 saturated carbocycles. The number of hydrogen-bond acceptors (Lipinski definition) is 2. The first-order valence-electron chi connectivity index (χ1n) is 7.79. The van der Waals surface area contributed by atoms with Crippen molar-refractivity contribution < 1.29 is 9.59 Å². The van der Waals surface area contributed by atoms with Crippen LogP contribution in [0.1, 0.15) is 44.6 Å². The molecule has 1 fully saturated rings. The maximum Gasteiger partial charge on any atom is 0.223 e. The first-order chi connectivity index (χ1) is 10.6. The monoisotopic (exact) mass is 298 g/mol. The second-order valence-electron chi connectivity index (χ2n) is 5.61. The number of nitrogens with one attached hydrogen (secondary N) is 2. The molecule has 0 spiro atoms. The molecule has 0 saturated heterocycles. The summed E-state index contributed by atoms with van der Waals surface area (Å²) in [4.78, 5) is 22.9. The van der Waals surface area contributed by atoms with E-state index in [0.29, 0.717) is 6.54 Å². The van der Waals surface area contributed by atoms with Crippen LogP contribution < -0.4 is 10.6 Å². The van der Waals surface area contributed by atoms with Crippen molar-refractivity contribution in [2.24, 2.45) is 5.92 Å². The van der Waals surface area contributed by atoms with Crippen molar-refractivity contribution in [3.05, 3.63) is 29.8 Å². The third kappa shape index (κ3) is 5.25. The average molecular weight is 298 g/mol. The van der Waals surface area contributed by atoms with Crippen molar-refractivity contribution in [1.29, 1.82) is 0 Å². The van der Waals surface area contributed by atoms with E-state index in [2.05, 4.69) is 22.5 Å². The molecule has 22 heavy (non-hydrogen) atoms. The maximum absolute atomic E-state index is 11.9. The summed E-state index contributed by atoms with van der Waals surface area (Å²) < 4.78 is 0. The molecule has 4 heteroatoms. The van der Waals surface area contributed by atoms with Gasteiger partial charge in [-0.3, -0.25) is 9.59 Å². The third-order valence-electron chi connectivity index (χ3n) is 3.76. The molecule has 2 amide bonds. The van der Waals surface area contributed by atoms with E-state index in [-0.39, 0.29) is 17.7 Å². The highest BCUT2D eigenvalue weighted by Gasteiger charge is 2.19. The molecule has 4 nitrogen and oxygen atoms in total. The van der Waals surface area contributed by atoms with Crippen molar-refractivity contribution in [1.82, 2.24) is 5.32 Å². The number of carbonyl (C=O) groups is 2. The summed E-state index contributed by atoms with van der Waals surface area (Å²) in [5, 5.41) is 5.60. The van der Waals surface area contributed by atoms with E-state index in [9.17, 15) is 9.59 Å². The lowest BCUT2D eigenvalue weighted by molar-refractivity contribution is -0.125. The Bertz CT molecular complexity index is 575. The van der Waals surface area contributed by atoms with Gasteiger partial charge in [0, 0.05) is 24.1 Å². The van der Waals surface area contributed by atoms with Gasteiger partial charge in [0.1, 0.15) is 0 Å². The van der Waals surface area contributed by atoms with Gasteiger partial charge in [-0.1, -0.05) is 31.1 Å². The smallest absolute Gasteiger partial charge is 0.223 e. The summed E-state index contributed by atoms with van der Waals surface area (Å²) >= 11 is 0. The molecule has 0 unspecified atom stereocenters. The average Bonchev–Trinajstić information content (AvgIpc) is 2.53. The van der Waals surface area contributed by atoms with Crippen LogP contribution in [0.3, 0.4) is 0 Å². The molecule has 0 bridgehead atoms. The molecule has 2 N–H and O–H groups in total. The van der Waals surface area contributed by atoms with Gasteiger partial charge in [0.15, 0.2) is 0 Å². The Balaban J connectivity index is 1.78. The van der Waals surface area contributed by atoms with Crippen LogP contribution >= 0.6 is 0 Å². The molecule has 0 radical (unpaired) electrons. The number of carbonyl (C=O) groups excluding carboxylic acids is 2. The first-order valence-corrected chi connectivity index (χ1v) is 7.79. The van der Waals surface area contributed by atoms with Crippen molar-refractivity contribution >= 4 is 17.5 Å². The van der Waals surface area contributed by atoms with E-state index in [0.717, 1.165) is 36.9 Å². The van der Waals surface area contributed by atoms with Crippen molar-refractivity contribution in [3.63, 3.8) is 0 Å². The van der Waals surface area contributed by atoms with Crippen LogP contribution in [0.15, 0.2) is 24.3 Å². The van der Waals surface area contributed by atoms with Gasteiger partial charge in [0.2, 0.25) is 11.8 Å². The molecule has 1 aromatic rings. The van der Waals surface area contributed by atoms with Gasteiger partial charge in [-0.15, -0.1) is 0 Å². The number of hydrogen-bond donors (Lipinski definition) is 2. The van der Waals surface area contributed by atoms with Crippen LogP contribution in [0.5, 0.6) is 0 Å². The Kier molecular flexibility index (Phi) is 6.02. The van der Waals surface area contributed by atoms with Crippen molar-refractivity contribution in [3.8, 4) is 11.8 Å². The van der Waals surface area contributed by atoms with E-state index in [1.54, 1.807) is 0 Å². The van der Waals surface area contributed by atoms with Crippen LogP contribution in [0.25, 0.3) is 0 Å². The molecule has 1 aliphatic carbocycles. The molecule has 116 valence electrons. The van der Waals surface area contributed by atoms with E-state index in [1.807, 2.05) is 24.3 Å². The lowest BCUT2D eigenvalue weighted by atomic mass is 9.89. The van der Waals surface area contributed by atoms with Gasteiger partial charge >= 0.3 is 0 Å². The fraction of sp³-hybridized carbons (Fsp3) is 0.444. The molecule has 1 aromatic carbocycles. The summed E-state index contributed by atoms with van der Waals surface area (Å²) in [6, 6.07) is 7.32. The standard InChI is InChI=1S/C18H22N2O2/c1-14(21)20-17-11-9-15(10-12-17)6-5-13-19-18(22)16-7-3-2-4-8-16/h9-12,16H,2-4,7-8,13H2,1H3,(H,19,22)(H,20,21). The van der Waals surface area contributed by atoms with E-state index < -0.39 is 0 Å². The highest BCUT2D eigenvalue weighted by molar-refractivity contribution is 5.88. The Labute approximate surface area is 131 Å². The predicted molar refractivity (Wildman–Crippen MR) is 87.2 cm³/mol. The zero-order chi connectivity index (χ0) is 15.8. The summed E-state index contributed by atoms with van der Waals surface area (Å²) in [6.07, 6.45) is 5.57. The lowest BCUT2D eigenvalue weighted by Crippen LogP contribution is -2.32. The van der Waals surface area contributed by atoms with Crippen molar-refractivity contribution in [2.45, 2.75) is 39.0 Å². The molecular weight excluding hydrogens is 276 g/mol. The summed E-state index contributed by atoms with van der Waals surface area (Å²) in [6.45, 7) is 1.85. The van der Waals surface area contributed by atoms with Crippen LogP contribution in [0.2, 0.25) is 0 Å². The van der Waals surface area contributed by atoms with Gasteiger partial charge in [0.25, 0.3) is 0 Å². The normalized spacial score (nSPS) is 14.6. The number of rotatable bonds is 3. The zero-order valence-electron chi connectivity index (χ0n) is 12.9. The molecular formula is C18H22N2O2. The fourth-order valence-corrected chi connectivity index (χ4v) is 2.63. The Morgan fingerprint density at radius 1 is 1.14 bits per heavy atom. The predicted octanol–water partition coefficient (Wildman–Crippen LogP) is 2.69. The minimum atomic E-state index is -0.0933. The number of benzene rings is 1. The third-order valence-corrected chi connectivity index (χ3v) is 3.76. The second-order valence-corrected chi connectivity index (χ2v) is 5.61. The van der Waals surface area contributed by atoms with Crippen molar-refractivity contribution in [2.75, 3.05) is 11.9 Å². The quantitative estimate of drug-likeness (QED) is 0.843. The lowest BCUT2D eigenvalue weighted by Gasteiger charge is -2.19. The van der Waals surface area contributed by atoms with Crippen LogP contribution in [-0.2, 0) is 9.59 Å². The van der Waals surface area contributed by atoms with Gasteiger partial charge < -0.3 is 10.6 Å². The fourth-order valence-electron chi connectivity index (χ4n) is 2.63. The largest absolute Gasteiger partial charge is 0.345 e. The zero-order valence-corrected chi connectivity index (χ0v) is 12.9. The van der Waals surface area contributed by atoms with Gasteiger partial charge in [0.05, 0.1) is 6.54 Å². The minimum Gasteiger partial charge on any atom is -0.345 e. The minimum absolute atomic E-state index is 0.0933. The molecule has 1 aliphatic rings. The maximum atomic E-state index is 11.9. The summed E-state index contributed by atoms with van der Waals surface area (Å²) in [5.41, 5.74) is 1.62. The molecule has 0 aromatic heterocycles. The van der Waals surface area contributed by atoms with Crippen LogP contribution in [-0.4, -0.2) is 18.4 Å². The second kappa shape index (κ2) is 8.23. The van der Waals surface area contributed by atoms with E-state index in [1.165, 1.54) is 13.3 Å². The van der Waals surface area contributed by atoms with Gasteiger partial charge in [-0.2, -0.15) is 0 Å². The van der Waals surface area contributed by atoms with Gasteiger partial charge in [-0.25, -0.2) is 0 Å². The molecule has 0 heterocycles. The first kappa shape index (κ1) is 16.1. The van der Waals surface area contributed by atoms with Crippen LogP contribution in [0.4, 0.5) is 5.69 Å². The van der Waals surface area contributed by atoms with E-state index >= 15 is 0 Å². The SMILES string of the molecule is CC(=O)Nc1ccc(C#CCNC(=O)C2CCCCC2)cc1. The molecule has 0 atom stereocenters. The Morgan fingerprint density at radius 2 is 1.82 bits per heavy atom.